The van der Waals surface area contributed by atoms with Crippen molar-refractivity contribution >= 4 is 50.3 Å². The minimum absolute atomic E-state index is 0.838. The van der Waals surface area contributed by atoms with E-state index in [0.717, 1.165) is 5.25 Å². The van der Waals surface area contributed by atoms with Crippen LogP contribution >= 0.6 is 50.3 Å². The first-order valence-corrected chi connectivity index (χ1v) is 5.61. The lowest BCUT2D eigenvalue weighted by Crippen LogP contribution is -1.95. The van der Waals surface area contributed by atoms with E-state index in [2.05, 4.69) is 44.6 Å². The molecule has 3 heteroatoms. The molecule has 0 bridgehead atoms. The van der Waals surface area contributed by atoms with Crippen LogP contribution in [0.25, 0.3) is 0 Å². The van der Waals surface area contributed by atoms with Crippen LogP contribution in [0.1, 0.15) is 6.42 Å². The number of hydrogen-bond donors (Lipinski definition) is 0. The van der Waals surface area contributed by atoms with Crippen LogP contribution in [-0.4, -0.2) is 9.68 Å². The van der Waals surface area contributed by atoms with Gasteiger partial charge in [0.25, 0.3) is 0 Å². The van der Waals surface area contributed by atoms with E-state index < -0.39 is 0 Å². The molecule has 0 aromatic carbocycles. The Balaban J connectivity index is 2.32. The number of alkyl halides is 1. The molecular formula is C5H6BrIS. The van der Waals surface area contributed by atoms with Crippen molar-refractivity contribution in [2.24, 2.45) is 0 Å². The Morgan fingerprint density at radius 1 is 2.00 bits per heavy atom. The van der Waals surface area contributed by atoms with Crippen molar-refractivity contribution < 1.29 is 0 Å². The molecule has 1 rings (SSSR count). The summed E-state index contributed by atoms with van der Waals surface area (Å²) in [6.45, 7) is 0. The monoisotopic (exact) mass is 304 g/mol. The van der Waals surface area contributed by atoms with Crippen LogP contribution in [0.4, 0.5) is 0 Å². The molecule has 1 aliphatic rings. The Labute approximate surface area is 75.8 Å². The quantitative estimate of drug-likeness (QED) is 0.530. The van der Waals surface area contributed by atoms with E-state index in [9.17, 15) is 0 Å². The van der Waals surface area contributed by atoms with E-state index in [4.69, 9.17) is 0 Å². The summed E-state index contributed by atoms with van der Waals surface area (Å²) in [4.78, 5) is 0. The highest BCUT2D eigenvalue weighted by molar-refractivity contribution is 14.1. The molecule has 1 heterocycles. The van der Waals surface area contributed by atoms with Crippen molar-refractivity contribution in [3.63, 3.8) is 0 Å². The standard InChI is InChI=1S/C5H6BrIS/c6-5-2-1-4(3-7)8-5/h2,4H,1,3H2. The van der Waals surface area contributed by atoms with Gasteiger partial charge in [0, 0.05) is 13.5 Å². The Morgan fingerprint density at radius 3 is 3.00 bits per heavy atom. The van der Waals surface area contributed by atoms with Gasteiger partial charge in [0.05, 0.1) is 0 Å². The van der Waals surface area contributed by atoms with Gasteiger partial charge in [-0.1, -0.05) is 28.7 Å². The van der Waals surface area contributed by atoms with Gasteiger partial charge in [-0.15, -0.1) is 11.8 Å². The second kappa shape index (κ2) is 3.46. The normalized spacial score (nSPS) is 28.2. The van der Waals surface area contributed by atoms with Crippen LogP contribution < -0.4 is 0 Å². The minimum atomic E-state index is 0.838. The molecule has 0 saturated carbocycles. The summed E-state index contributed by atoms with van der Waals surface area (Å²) < 4.78 is 2.58. The molecular weight excluding hydrogens is 299 g/mol. The molecule has 8 heavy (non-hydrogen) atoms. The molecule has 0 spiro atoms. The number of rotatable bonds is 1. The third-order valence-corrected chi connectivity index (χ3v) is 4.62. The van der Waals surface area contributed by atoms with Crippen molar-refractivity contribution in [2.75, 3.05) is 4.43 Å². The molecule has 0 aromatic rings. The third-order valence-electron chi connectivity index (χ3n) is 0.993. The predicted octanol–water partition coefficient (Wildman–Crippen LogP) is 3.16. The first-order valence-electron chi connectivity index (χ1n) is 2.41. The lowest BCUT2D eigenvalue weighted by molar-refractivity contribution is 1.03. The Bertz CT molecular complexity index is 113. The molecule has 0 aliphatic carbocycles. The maximum Gasteiger partial charge on any atom is 0.0466 e. The molecule has 46 valence electrons. The summed E-state index contributed by atoms with van der Waals surface area (Å²) in [6.07, 6.45) is 3.49. The first-order chi connectivity index (χ1) is 3.83. The number of halogens is 2. The maximum atomic E-state index is 3.44. The molecule has 1 unspecified atom stereocenters. The van der Waals surface area contributed by atoms with Crippen LogP contribution in [-0.2, 0) is 0 Å². The van der Waals surface area contributed by atoms with Crippen LogP contribution in [0.2, 0.25) is 0 Å². The number of hydrogen-bond acceptors (Lipinski definition) is 1. The highest BCUT2D eigenvalue weighted by Gasteiger charge is 2.13. The van der Waals surface area contributed by atoms with Gasteiger partial charge in [-0.2, -0.15) is 0 Å². The highest BCUT2D eigenvalue weighted by atomic mass is 127. The highest BCUT2D eigenvalue weighted by Crippen LogP contribution is 2.36. The van der Waals surface area contributed by atoms with Crippen LogP contribution in [0.5, 0.6) is 0 Å². The average molecular weight is 305 g/mol. The van der Waals surface area contributed by atoms with E-state index in [1.807, 2.05) is 11.8 Å². The largest absolute Gasteiger partial charge is 0.114 e. The Kier molecular flexibility index (Phi) is 3.21. The van der Waals surface area contributed by atoms with Crippen LogP contribution in [0, 0.1) is 0 Å². The van der Waals surface area contributed by atoms with Gasteiger partial charge < -0.3 is 0 Å². The SMILES string of the molecule is BrC1=CCC(CI)S1. The number of thioether (sulfide) groups is 1. The van der Waals surface area contributed by atoms with E-state index in [1.54, 1.807) is 0 Å². The average Bonchev–Trinajstić information content (AvgIpc) is 2.14. The van der Waals surface area contributed by atoms with E-state index in [1.165, 1.54) is 14.7 Å². The smallest absolute Gasteiger partial charge is 0.0466 e. The van der Waals surface area contributed by atoms with Crippen molar-refractivity contribution in [3.8, 4) is 0 Å². The van der Waals surface area contributed by atoms with Crippen molar-refractivity contribution in [2.45, 2.75) is 11.7 Å². The fraction of sp³-hybridized carbons (Fsp3) is 0.600. The van der Waals surface area contributed by atoms with E-state index >= 15 is 0 Å². The molecule has 0 fully saturated rings. The second-order valence-electron chi connectivity index (χ2n) is 1.64. The van der Waals surface area contributed by atoms with Crippen LogP contribution in [0.3, 0.4) is 0 Å². The van der Waals surface area contributed by atoms with Gasteiger partial charge in [-0.05, 0) is 22.4 Å². The molecule has 0 saturated heterocycles. The molecule has 0 aromatic heterocycles. The molecule has 0 nitrogen and oxygen atoms in total. The lowest BCUT2D eigenvalue weighted by atomic mass is 10.3. The van der Waals surface area contributed by atoms with Gasteiger partial charge >= 0.3 is 0 Å². The van der Waals surface area contributed by atoms with Crippen molar-refractivity contribution in [1.82, 2.24) is 0 Å². The number of allylic oxidation sites excluding steroid dienone is 1. The Hall–Kier alpha value is 1.30. The van der Waals surface area contributed by atoms with Gasteiger partial charge in [0.15, 0.2) is 0 Å². The Morgan fingerprint density at radius 2 is 2.75 bits per heavy atom. The summed E-state index contributed by atoms with van der Waals surface area (Å²) in [5, 5.41) is 0.838. The van der Waals surface area contributed by atoms with Crippen molar-refractivity contribution in [1.29, 1.82) is 0 Å². The van der Waals surface area contributed by atoms with Crippen LogP contribution in [0.15, 0.2) is 9.89 Å². The fourth-order valence-corrected chi connectivity index (χ4v) is 3.22. The third kappa shape index (κ3) is 1.92. The summed E-state index contributed by atoms with van der Waals surface area (Å²) >= 11 is 7.80. The van der Waals surface area contributed by atoms with E-state index in [-0.39, 0.29) is 0 Å². The summed E-state index contributed by atoms with van der Waals surface area (Å²) in [5.41, 5.74) is 0. The topological polar surface area (TPSA) is 0 Å². The minimum Gasteiger partial charge on any atom is -0.114 e. The fourth-order valence-electron chi connectivity index (χ4n) is 0.574. The zero-order chi connectivity index (χ0) is 5.98. The molecule has 0 N–H and O–H groups in total. The maximum absolute atomic E-state index is 3.44. The van der Waals surface area contributed by atoms with Gasteiger partial charge in [0.2, 0.25) is 0 Å². The van der Waals surface area contributed by atoms with Gasteiger partial charge in [-0.3, -0.25) is 0 Å². The zero-order valence-electron chi connectivity index (χ0n) is 4.23. The molecule has 1 atom stereocenters. The van der Waals surface area contributed by atoms with Gasteiger partial charge in [-0.25, -0.2) is 0 Å². The molecule has 0 amide bonds. The second-order valence-corrected chi connectivity index (χ2v) is 5.24. The molecule has 0 radical (unpaired) electrons. The predicted molar refractivity (Wildman–Crippen MR) is 51.9 cm³/mol. The lowest BCUT2D eigenvalue weighted by Gasteiger charge is -1.99. The summed E-state index contributed by atoms with van der Waals surface area (Å²) in [5.74, 6) is 0. The van der Waals surface area contributed by atoms with Crippen molar-refractivity contribution in [3.05, 3.63) is 9.89 Å². The summed E-state index contributed by atoms with van der Waals surface area (Å²) in [7, 11) is 0. The first kappa shape index (κ1) is 7.41. The van der Waals surface area contributed by atoms with Gasteiger partial charge in [0.1, 0.15) is 0 Å². The summed E-state index contributed by atoms with van der Waals surface area (Å²) in [6, 6.07) is 0. The zero-order valence-corrected chi connectivity index (χ0v) is 8.79. The van der Waals surface area contributed by atoms with E-state index in [0.29, 0.717) is 0 Å². The molecule has 1 aliphatic heterocycles.